The average Bonchev–Trinajstić information content (AvgIpc) is 3.04. The van der Waals surface area contributed by atoms with E-state index < -0.39 is 9.84 Å². The number of nitrogens with one attached hydrogen (secondary N) is 1. The topological polar surface area (TPSA) is 75.7 Å². The molecule has 1 aliphatic rings. The first kappa shape index (κ1) is 18.1. The maximum absolute atomic E-state index is 12.1. The molecular formula is C15H22N2O4S2. The highest BCUT2D eigenvalue weighted by molar-refractivity contribution is 7.99. The number of sulfone groups is 1. The van der Waals surface area contributed by atoms with E-state index in [1.165, 1.54) is 12.3 Å². The number of nitrogens with zero attached hydrogens (tertiary/aromatic N) is 1. The molecule has 0 bridgehead atoms. The first-order chi connectivity index (χ1) is 10.9. The van der Waals surface area contributed by atoms with Gasteiger partial charge in [0, 0.05) is 31.5 Å². The molecule has 0 radical (unpaired) electrons. The third kappa shape index (κ3) is 5.40. The molecule has 1 amide bonds. The van der Waals surface area contributed by atoms with Crippen LogP contribution in [-0.2, 0) is 14.6 Å². The number of amides is 1. The van der Waals surface area contributed by atoms with Crippen molar-refractivity contribution in [1.29, 1.82) is 0 Å². The number of thioether (sulfide) groups is 1. The fraction of sp³-hybridized carbons (Fsp3) is 0.533. The van der Waals surface area contributed by atoms with E-state index in [2.05, 4.69) is 5.32 Å². The molecule has 0 aliphatic carbocycles. The highest BCUT2D eigenvalue weighted by Gasteiger charge is 2.24. The van der Waals surface area contributed by atoms with E-state index in [9.17, 15) is 13.2 Å². The molecule has 8 heteroatoms. The van der Waals surface area contributed by atoms with Crippen molar-refractivity contribution in [2.75, 3.05) is 38.1 Å². The lowest BCUT2D eigenvalue weighted by atomic mass is 10.3. The summed E-state index contributed by atoms with van der Waals surface area (Å²) >= 11 is 1.72. The molecule has 0 aromatic heterocycles. The summed E-state index contributed by atoms with van der Waals surface area (Å²) in [7, 11) is -1.44. The minimum Gasteiger partial charge on any atom is -0.493 e. The number of carbonyl (C=O) groups is 1. The Labute approximate surface area is 141 Å². The van der Waals surface area contributed by atoms with Crippen molar-refractivity contribution in [3.05, 3.63) is 24.3 Å². The SMILES string of the molecule is CN(CCCOc1cccc(S(C)(=O)=O)c1)C(=O)C1CSCN1. The molecule has 1 saturated heterocycles. The fourth-order valence-corrected chi connectivity index (χ4v) is 3.81. The third-order valence-corrected chi connectivity index (χ3v) is 5.58. The van der Waals surface area contributed by atoms with Gasteiger partial charge in [0.2, 0.25) is 5.91 Å². The van der Waals surface area contributed by atoms with E-state index in [0.717, 1.165) is 11.6 Å². The normalized spacial score (nSPS) is 17.9. The third-order valence-electron chi connectivity index (χ3n) is 3.53. The zero-order chi connectivity index (χ0) is 16.9. The lowest BCUT2D eigenvalue weighted by molar-refractivity contribution is -0.131. The van der Waals surface area contributed by atoms with Gasteiger partial charge in [-0.05, 0) is 24.6 Å². The number of carbonyl (C=O) groups excluding carboxylic acids is 1. The predicted octanol–water partition coefficient (Wildman–Crippen LogP) is 0.980. The largest absolute Gasteiger partial charge is 0.493 e. The molecule has 2 rings (SSSR count). The Morgan fingerprint density at radius 3 is 2.91 bits per heavy atom. The molecule has 0 spiro atoms. The van der Waals surface area contributed by atoms with Gasteiger partial charge in [-0.15, -0.1) is 11.8 Å². The number of ether oxygens (including phenoxy) is 1. The van der Waals surface area contributed by atoms with E-state index in [1.807, 2.05) is 0 Å². The minimum absolute atomic E-state index is 0.0858. The van der Waals surface area contributed by atoms with E-state index in [0.29, 0.717) is 25.3 Å². The summed E-state index contributed by atoms with van der Waals surface area (Å²) in [4.78, 5) is 14.1. The van der Waals surface area contributed by atoms with Gasteiger partial charge in [0.05, 0.1) is 17.5 Å². The average molecular weight is 358 g/mol. The molecule has 1 aromatic carbocycles. The van der Waals surface area contributed by atoms with Crippen molar-refractivity contribution in [1.82, 2.24) is 10.2 Å². The van der Waals surface area contributed by atoms with Crippen molar-refractivity contribution in [3.8, 4) is 5.75 Å². The molecule has 1 fully saturated rings. The zero-order valence-corrected chi connectivity index (χ0v) is 15.0. The van der Waals surface area contributed by atoms with Crippen molar-refractivity contribution in [3.63, 3.8) is 0 Å². The van der Waals surface area contributed by atoms with Crippen molar-refractivity contribution in [2.24, 2.45) is 0 Å². The Morgan fingerprint density at radius 1 is 1.48 bits per heavy atom. The van der Waals surface area contributed by atoms with E-state index in [4.69, 9.17) is 4.74 Å². The molecule has 6 nitrogen and oxygen atoms in total. The molecule has 1 atom stereocenters. The van der Waals surface area contributed by atoms with Crippen molar-refractivity contribution in [2.45, 2.75) is 17.4 Å². The number of benzene rings is 1. The van der Waals surface area contributed by atoms with Gasteiger partial charge in [-0.1, -0.05) is 6.07 Å². The van der Waals surface area contributed by atoms with Crippen LogP contribution < -0.4 is 10.1 Å². The number of rotatable bonds is 7. The summed E-state index contributed by atoms with van der Waals surface area (Å²) in [5, 5.41) is 3.16. The summed E-state index contributed by atoms with van der Waals surface area (Å²) in [6, 6.07) is 6.36. The number of likely N-dealkylation sites (N-methyl/N-ethyl adjacent to an activating group) is 1. The van der Waals surface area contributed by atoms with Gasteiger partial charge in [-0.25, -0.2) is 8.42 Å². The van der Waals surface area contributed by atoms with Gasteiger partial charge in [0.25, 0.3) is 0 Å². The maximum Gasteiger partial charge on any atom is 0.240 e. The maximum atomic E-state index is 12.1. The molecule has 1 aliphatic heterocycles. The zero-order valence-electron chi connectivity index (χ0n) is 13.3. The van der Waals surface area contributed by atoms with Crippen LogP contribution in [0.5, 0.6) is 5.75 Å². The van der Waals surface area contributed by atoms with Crippen LogP contribution in [0.4, 0.5) is 0 Å². The van der Waals surface area contributed by atoms with Crippen molar-refractivity contribution >= 4 is 27.5 Å². The van der Waals surface area contributed by atoms with E-state index >= 15 is 0 Å². The molecule has 128 valence electrons. The second-order valence-corrected chi connectivity index (χ2v) is 8.53. The van der Waals surface area contributed by atoms with Crippen LogP contribution in [0.2, 0.25) is 0 Å². The van der Waals surface area contributed by atoms with Gasteiger partial charge in [0.1, 0.15) is 5.75 Å². The summed E-state index contributed by atoms with van der Waals surface area (Å²) in [5.74, 6) is 2.27. The molecule has 1 unspecified atom stereocenters. The van der Waals surface area contributed by atoms with Crippen LogP contribution >= 0.6 is 11.8 Å². The lowest BCUT2D eigenvalue weighted by Gasteiger charge is -2.20. The summed E-state index contributed by atoms with van der Waals surface area (Å²) in [5.41, 5.74) is 0. The Kier molecular flexibility index (Phi) is 6.32. The van der Waals surface area contributed by atoms with Gasteiger partial charge in [-0.2, -0.15) is 0 Å². The molecule has 1 heterocycles. The minimum atomic E-state index is -3.23. The Balaban J connectivity index is 1.76. The highest BCUT2D eigenvalue weighted by atomic mass is 32.2. The summed E-state index contributed by atoms with van der Waals surface area (Å²) < 4.78 is 28.6. The second-order valence-electron chi connectivity index (χ2n) is 5.48. The summed E-state index contributed by atoms with van der Waals surface area (Å²) in [6.45, 7) is 1.03. The van der Waals surface area contributed by atoms with Crippen LogP contribution in [0.3, 0.4) is 0 Å². The summed E-state index contributed by atoms with van der Waals surface area (Å²) in [6.07, 6.45) is 1.85. The molecular weight excluding hydrogens is 336 g/mol. The van der Waals surface area contributed by atoms with Crippen LogP contribution in [0, 0.1) is 0 Å². The highest BCUT2D eigenvalue weighted by Crippen LogP contribution is 2.17. The van der Waals surface area contributed by atoms with Crippen LogP contribution in [-0.4, -0.2) is 63.4 Å². The number of hydrogen-bond donors (Lipinski definition) is 1. The molecule has 1 N–H and O–H groups in total. The van der Waals surface area contributed by atoms with Crippen molar-refractivity contribution < 1.29 is 17.9 Å². The number of hydrogen-bond acceptors (Lipinski definition) is 6. The van der Waals surface area contributed by atoms with E-state index in [-0.39, 0.29) is 16.8 Å². The van der Waals surface area contributed by atoms with Gasteiger partial charge >= 0.3 is 0 Å². The monoisotopic (exact) mass is 358 g/mol. The van der Waals surface area contributed by atoms with Gasteiger partial charge in [0.15, 0.2) is 9.84 Å². The Bertz CT molecular complexity index is 643. The van der Waals surface area contributed by atoms with Crippen LogP contribution in [0.15, 0.2) is 29.2 Å². The lowest BCUT2D eigenvalue weighted by Crippen LogP contribution is -2.43. The van der Waals surface area contributed by atoms with Gasteiger partial charge in [-0.3, -0.25) is 10.1 Å². The molecule has 0 saturated carbocycles. The smallest absolute Gasteiger partial charge is 0.240 e. The van der Waals surface area contributed by atoms with Crippen LogP contribution in [0.1, 0.15) is 6.42 Å². The molecule has 1 aromatic rings. The standard InChI is InChI=1S/C15H22N2O4S2/c1-17(15(18)14-10-22-11-16-14)7-4-8-21-12-5-3-6-13(9-12)23(2,19)20/h3,5-6,9,14,16H,4,7-8,10-11H2,1-2H3. The molecule has 23 heavy (non-hydrogen) atoms. The van der Waals surface area contributed by atoms with Gasteiger partial charge < -0.3 is 9.64 Å². The van der Waals surface area contributed by atoms with E-state index in [1.54, 1.807) is 41.9 Å². The Hall–Kier alpha value is -1.25. The Morgan fingerprint density at radius 2 is 2.26 bits per heavy atom. The fourth-order valence-electron chi connectivity index (χ4n) is 2.22. The first-order valence-electron chi connectivity index (χ1n) is 7.37. The second kappa shape index (κ2) is 8.03. The first-order valence-corrected chi connectivity index (χ1v) is 10.4. The van der Waals surface area contributed by atoms with Crippen LogP contribution in [0.25, 0.3) is 0 Å². The predicted molar refractivity (Wildman–Crippen MR) is 91.5 cm³/mol. The quantitative estimate of drug-likeness (QED) is 0.733.